The number of nitrogens with one attached hydrogen (secondary N) is 1. The number of hydrogen-bond acceptors (Lipinski definition) is 4. The molecule has 3 rings (SSSR count). The Bertz CT molecular complexity index is 758. The Morgan fingerprint density at radius 1 is 1.40 bits per heavy atom. The Hall–Kier alpha value is -2.70. The van der Waals surface area contributed by atoms with Gasteiger partial charge in [0, 0.05) is 13.2 Å². The Morgan fingerprint density at radius 2 is 2.25 bits per heavy atom. The zero-order chi connectivity index (χ0) is 14.1. The standard InChI is InChI=1S/C13H14N6O/c1-9-13-11(18(2)17-9)7-15-19(13)8-12(20)16-10-4-3-5-14-6-10/h3-7H,8H2,1-2H3,(H,16,20). The number of pyridine rings is 1. The van der Waals surface area contributed by atoms with E-state index in [2.05, 4.69) is 20.5 Å². The molecule has 0 bridgehead atoms. The van der Waals surface area contributed by atoms with Crippen molar-refractivity contribution in [3.8, 4) is 0 Å². The van der Waals surface area contributed by atoms with E-state index in [-0.39, 0.29) is 12.5 Å². The highest BCUT2D eigenvalue weighted by atomic mass is 16.2. The number of fused-ring (bicyclic) bond motifs is 1. The molecular formula is C13H14N6O. The summed E-state index contributed by atoms with van der Waals surface area (Å²) in [6, 6.07) is 3.56. The molecule has 0 spiro atoms. The minimum Gasteiger partial charge on any atom is -0.323 e. The first kappa shape index (κ1) is 12.3. The van der Waals surface area contributed by atoms with Crippen molar-refractivity contribution in [2.45, 2.75) is 13.5 Å². The van der Waals surface area contributed by atoms with Gasteiger partial charge in [0.1, 0.15) is 17.6 Å². The number of aryl methyl sites for hydroxylation is 2. The van der Waals surface area contributed by atoms with Gasteiger partial charge in [0.05, 0.1) is 23.8 Å². The molecule has 3 aromatic heterocycles. The van der Waals surface area contributed by atoms with Gasteiger partial charge >= 0.3 is 0 Å². The highest BCUT2D eigenvalue weighted by molar-refractivity contribution is 5.91. The van der Waals surface area contributed by atoms with Crippen molar-refractivity contribution in [1.82, 2.24) is 24.5 Å². The van der Waals surface area contributed by atoms with Gasteiger partial charge in [0.2, 0.25) is 5.91 Å². The van der Waals surface area contributed by atoms with Crippen LogP contribution >= 0.6 is 0 Å². The van der Waals surface area contributed by atoms with Crippen LogP contribution < -0.4 is 5.32 Å². The molecule has 1 amide bonds. The number of rotatable bonds is 3. The molecule has 0 aliphatic rings. The molecule has 3 heterocycles. The molecule has 0 unspecified atom stereocenters. The molecule has 0 fully saturated rings. The third-order valence-electron chi connectivity index (χ3n) is 3.05. The van der Waals surface area contributed by atoms with Crippen molar-refractivity contribution >= 4 is 22.6 Å². The van der Waals surface area contributed by atoms with Crippen LogP contribution in [-0.4, -0.2) is 30.5 Å². The fourth-order valence-corrected chi connectivity index (χ4v) is 2.20. The number of hydrogen-bond donors (Lipinski definition) is 1. The molecule has 0 aromatic carbocycles. The molecule has 0 saturated carbocycles. The van der Waals surface area contributed by atoms with Crippen LogP contribution in [0.2, 0.25) is 0 Å². The largest absolute Gasteiger partial charge is 0.323 e. The van der Waals surface area contributed by atoms with E-state index in [1.165, 1.54) is 0 Å². The van der Waals surface area contributed by atoms with Gasteiger partial charge in [-0.3, -0.25) is 19.1 Å². The van der Waals surface area contributed by atoms with Crippen molar-refractivity contribution in [2.75, 3.05) is 5.32 Å². The lowest BCUT2D eigenvalue weighted by Crippen LogP contribution is -2.19. The monoisotopic (exact) mass is 270 g/mol. The number of aromatic nitrogens is 5. The van der Waals surface area contributed by atoms with Crippen LogP contribution in [0.25, 0.3) is 11.0 Å². The van der Waals surface area contributed by atoms with Crippen molar-refractivity contribution in [3.05, 3.63) is 36.4 Å². The lowest BCUT2D eigenvalue weighted by atomic mass is 10.4. The third kappa shape index (κ3) is 2.13. The average molecular weight is 270 g/mol. The Balaban J connectivity index is 1.81. The smallest absolute Gasteiger partial charge is 0.246 e. The van der Waals surface area contributed by atoms with E-state index in [0.29, 0.717) is 5.69 Å². The second kappa shape index (κ2) is 4.76. The fourth-order valence-electron chi connectivity index (χ4n) is 2.20. The first-order valence-electron chi connectivity index (χ1n) is 6.20. The Morgan fingerprint density at radius 3 is 3.00 bits per heavy atom. The average Bonchev–Trinajstić information content (AvgIpc) is 2.94. The van der Waals surface area contributed by atoms with Gasteiger partial charge in [-0.25, -0.2) is 0 Å². The highest BCUT2D eigenvalue weighted by Crippen LogP contribution is 2.16. The maximum Gasteiger partial charge on any atom is 0.246 e. The molecule has 0 atom stereocenters. The number of amides is 1. The lowest BCUT2D eigenvalue weighted by molar-refractivity contribution is -0.116. The predicted octanol–water partition coefficient (Wildman–Crippen LogP) is 1.11. The molecule has 7 heteroatoms. The molecule has 3 aromatic rings. The topological polar surface area (TPSA) is 77.6 Å². The zero-order valence-electron chi connectivity index (χ0n) is 11.2. The van der Waals surface area contributed by atoms with Gasteiger partial charge in [-0.05, 0) is 19.1 Å². The molecule has 7 nitrogen and oxygen atoms in total. The first-order valence-corrected chi connectivity index (χ1v) is 6.20. The normalized spacial score (nSPS) is 10.9. The summed E-state index contributed by atoms with van der Waals surface area (Å²) in [5.74, 6) is -0.147. The van der Waals surface area contributed by atoms with Crippen LogP contribution in [0.1, 0.15) is 5.69 Å². The molecule has 1 N–H and O–H groups in total. The fraction of sp³-hybridized carbons (Fsp3) is 0.231. The number of carbonyl (C=O) groups excluding carboxylic acids is 1. The minimum absolute atomic E-state index is 0.144. The summed E-state index contributed by atoms with van der Waals surface area (Å²) in [4.78, 5) is 16.0. The van der Waals surface area contributed by atoms with Crippen molar-refractivity contribution in [1.29, 1.82) is 0 Å². The summed E-state index contributed by atoms with van der Waals surface area (Å²) >= 11 is 0. The molecule has 0 aliphatic heterocycles. The molecule has 102 valence electrons. The zero-order valence-corrected chi connectivity index (χ0v) is 11.2. The predicted molar refractivity (Wildman–Crippen MR) is 74.1 cm³/mol. The summed E-state index contributed by atoms with van der Waals surface area (Å²) in [5, 5.41) is 11.3. The van der Waals surface area contributed by atoms with E-state index in [0.717, 1.165) is 16.7 Å². The van der Waals surface area contributed by atoms with E-state index in [9.17, 15) is 4.79 Å². The van der Waals surface area contributed by atoms with Crippen LogP contribution in [0.3, 0.4) is 0 Å². The van der Waals surface area contributed by atoms with Crippen LogP contribution in [0, 0.1) is 6.92 Å². The molecule has 0 aliphatic carbocycles. The van der Waals surface area contributed by atoms with Crippen LogP contribution in [-0.2, 0) is 18.4 Å². The van der Waals surface area contributed by atoms with Gasteiger partial charge in [-0.15, -0.1) is 0 Å². The number of anilines is 1. The van der Waals surface area contributed by atoms with Gasteiger partial charge in [-0.1, -0.05) is 0 Å². The molecule has 0 saturated heterocycles. The van der Waals surface area contributed by atoms with Crippen molar-refractivity contribution in [2.24, 2.45) is 7.05 Å². The van der Waals surface area contributed by atoms with E-state index in [1.807, 2.05) is 14.0 Å². The highest BCUT2D eigenvalue weighted by Gasteiger charge is 2.13. The van der Waals surface area contributed by atoms with E-state index < -0.39 is 0 Å². The van der Waals surface area contributed by atoms with Gasteiger partial charge in [0.25, 0.3) is 0 Å². The molecule has 20 heavy (non-hydrogen) atoms. The minimum atomic E-state index is -0.147. The summed E-state index contributed by atoms with van der Waals surface area (Å²) in [6.45, 7) is 2.05. The molecular weight excluding hydrogens is 256 g/mol. The third-order valence-corrected chi connectivity index (χ3v) is 3.05. The lowest BCUT2D eigenvalue weighted by Gasteiger charge is -2.05. The summed E-state index contributed by atoms with van der Waals surface area (Å²) < 4.78 is 3.41. The number of carbonyl (C=O) groups is 1. The Kier molecular flexibility index (Phi) is 2.94. The number of nitrogens with zero attached hydrogens (tertiary/aromatic N) is 5. The van der Waals surface area contributed by atoms with Gasteiger partial charge in [-0.2, -0.15) is 10.2 Å². The van der Waals surface area contributed by atoms with E-state index in [1.54, 1.807) is 40.1 Å². The van der Waals surface area contributed by atoms with Crippen molar-refractivity contribution in [3.63, 3.8) is 0 Å². The summed E-state index contributed by atoms with van der Waals surface area (Å²) in [5.41, 5.74) is 3.32. The van der Waals surface area contributed by atoms with E-state index in [4.69, 9.17) is 0 Å². The van der Waals surface area contributed by atoms with Crippen molar-refractivity contribution < 1.29 is 4.79 Å². The van der Waals surface area contributed by atoms with Crippen LogP contribution in [0.4, 0.5) is 5.69 Å². The maximum atomic E-state index is 12.0. The van der Waals surface area contributed by atoms with Crippen LogP contribution in [0.5, 0.6) is 0 Å². The van der Waals surface area contributed by atoms with Gasteiger partial charge < -0.3 is 5.32 Å². The van der Waals surface area contributed by atoms with Gasteiger partial charge in [0.15, 0.2) is 0 Å². The first-order chi connectivity index (χ1) is 9.65. The second-order valence-electron chi connectivity index (χ2n) is 4.53. The van der Waals surface area contributed by atoms with E-state index >= 15 is 0 Å². The SMILES string of the molecule is Cc1nn(C)c2cnn(CC(=O)Nc3cccnc3)c12. The Labute approximate surface area is 115 Å². The van der Waals surface area contributed by atoms with Crippen LogP contribution in [0.15, 0.2) is 30.7 Å². The summed E-state index contributed by atoms with van der Waals surface area (Å²) in [7, 11) is 1.86. The second-order valence-corrected chi connectivity index (χ2v) is 4.53. The molecule has 0 radical (unpaired) electrons. The maximum absolute atomic E-state index is 12.0. The quantitative estimate of drug-likeness (QED) is 0.773. The summed E-state index contributed by atoms with van der Waals surface area (Å²) in [6.07, 6.45) is 4.98.